The van der Waals surface area contributed by atoms with Crippen LogP contribution in [-0.2, 0) is 16.0 Å². The second-order valence-corrected chi connectivity index (χ2v) is 6.93. The van der Waals surface area contributed by atoms with Crippen molar-refractivity contribution in [3.8, 4) is 0 Å². The molecule has 1 unspecified atom stereocenters. The first-order chi connectivity index (χ1) is 9.96. The lowest BCUT2D eigenvalue weighted by Crippen LogP contribution is -2.37. The molecular weight excluding hydrogens is 262 g/mol. The number of rotatable bonds is 5. The smallest absolute Gasteiger partial charge is 0.323 e. The standard InChI is InChI=1S/C18H27NO2/c1-18(2)12-10-15(11-13-18)21-17(20)16(19)9-8-14-6-4-3-5-7-14/h3-7,15-16H,8-13,19H2,1-2H3. The molecule has 1 fully saturated rings. The van der Waals surface area contributed by atoms with Crippen LogP contribution in [0.4, 0.5) is 0 Å². The Kier molecular flexibility index (Phi) is 5.40. The van der Waals surface area contributed by atoms with Crippen LogP contribution < -0.4 is 5.73 Å². The van der Waals surface area contributed by atoms with Crippen molar-refractivity contribution in [2.45, 2.75) is 64.5 Å². The molecule has 0 spiro atoms. The van der Waals surface area contributed by atoms with E-state index in [2.05, 4.69) is 26.0 Å². The number of hydrogen-bond acceptors (Lipinski definition) is 3. The Morgan fingerprint density at radius 2 is 1.90 bits per heavy atom. The normalized spacial score (nSPS) is 20.0. The molecule has 1 saturated carbocycles. The highest BCUT2D eigenvalue weighted by molar-refractivity contribution is 5.75. The second-order valence-electron chi connectivity index (χ2n) is 6.93. The number of hydrogen-bond donors (Lipinski definition) is 1. The summed E-state index contributed by atoms with van der Waals surface area (Å²) in [4.78, 5) is 12.0. The maximum absolute atomic E-state index is 12.0. The van der Waals surface area contributed by atoms with Gasteiger partial charge in [0.1, 0.15) is 12.1 Å². The molecule has 0 saturated heterocycles. The van der Waals surface area contributed by atoms with Gasteiger partial charge in [-0.05, 0) is 49.5 Å². The number of ether oxygens (including phenoxy) is 1. The molecule has 1 aliphatic rings. The molecule has 116 valence electrons. The fraction of sp³-hybridized carbons (Fsp3) is 0.611. The van der Waals surface area contributed by atoms with Crippen molar-refractivity contribution in [2.24, 2.45) is 11.1 Å². The highest BCUT2D eigenvalue weighted by atomic mass is 16.5. The topological polar surface area (TPSA) is 52.3 Å². The molecule has 1 atom stereocenters. The van der Waals surface area contributed by atoms with Crippen molar-refractivity contribution in [2.75, 3.05) is 0 Å². The number of esters is 1. The molecule has 1 aliphatic carbocycles. The van der Waals surface area contributed by atoms with Crippen LogP contribution >= 0.6 is 0 Å². The molecular formula is C18H27NO2. The van der Waals surface area contributed by atoms with E-state index in [1.807, 2.05) is 18.2 Å². The summed E-state index contributed by atoms with van der Waals surface area (Å²) in [5, 5.41) is 0. The number of benzene rings is 1. The first-order valence-electron chi connectivity index (χ1n) is 7.96. The molecule has 1 aromatic carbocycles. The van der Waals surface area contributed by atoms with Gasteiger partial charge in [-0.25, -0.2) is 0 Å². The summed E-state index contributed by atoms with van der Waals surface area (Å²) in [6, 6.07) is 9.59. The average Bonchev–Trinajstić information content (AvgIpc) is 2.48. The molecule has 2 rings (SSSR count). The highest BCUT2D eigenvalue weighted by Crippen LogP contribution is 2.36. The zero-order valence-electron chi connectivity index (χ0n) is 13.2. The van der Waals surface area contributed by atoms with Crippen molar-refractivity contribution >= 4 is 5.97 Å². The Bertz CT molecular complexity index is 446. The lowest BCUT2D eigenvalue weighted by Gasteiger charge is -2.34. The van der Waals surface area contributed by atoms with Crippen LogP contribution in [-0.4, -0.2) is 18.1 Å². The fourth-order valence-electron chi connectivity index (χ4n) is 2.83. The molecule has 3 heteroatoms. The van der Waals surface area contributed by atoms with Crippen LogP contribution in [0.2, 0.25) is 0 Å². The summed E-state index contributed by atoms with van der Waals surface area (Å²) in [7, 11) is 0. The van der Waals surface area contributed by atoms with Crippen LogP contribution in [0.1, 0.15) is 51.5 Å². The first kappa shape index (κ1) is 16.0. The van der Waals surface area contributed by atoms with Gasteiger partial charge in [-0.1, -0.05) is 44.2 Å². The predicted octanol–water partition coefficient (Wildman–Crippen LogP) is 3.46. The van der Waals surface area contributed by atoms with Gasteiger partial charge in [0.2, 0.25) is 0 Å². The Labute approximate surface area is 127 Å². The van der Waals surface area contributed by atoms with E-state index in [1.165, 1.54) is 5.56 Å². The van der Waals surface area contributed by atoms with E-state index >= 15 is 0 Å². The molecule has 0 aromatic heterocycles. The SMILES string of the molecule is CC1(C)CCC(OC(=O)C(N)CCc2ccccc2)CC1. The van der Waals surface area contributed by atoms with Crippen molar-refractivity contribution in [1.29, 1.82) is 0 Å². The van der Waals surface area contributed by atoms with E-state index in [4.69, 9.17) is 10.5 Å². The molecule has 0 heterocycles. The lowest BCUT2D eigenvalue weighted by molar-refractivity contribution is -0.153. The molecule has 2 N–H and O–H groups in total. The van der Waals surface area contributed by atoms with Crippen LogP contribution in [0.5, 0.6) is 0 Å². The summed E-state index contributed by atoms with van der Waals surface area (Å²) in [5.74, 6) is -0.240. The number of aryl methyl sites for hydroxylation is 1. The summed E-state index contributed by atoms with van der Waals surface area (Å²) >= 11 is 0. The van der Waals surface area contributed by atoms with Crippen molar-refractivity contribution in [3.63, 3.8) is 0 Å². The van der Waals surface area contributed by atoms with E-state index in [0.29, 0.717) is 11.8 Å². The molecule has 0 aliphatic heterocycles. The minimum Gasteiger partial charge on any atom is -0.461 e. The zero-order chi connectivity index (χ0) is 15.3. The lowest BCUT2D eigenvalue weighted by atomic mass is 9.76. The Morgan fingerprint density at radius 3 is 2.52 bits per heavy atom. The monoisotopic (exact) mass is 289 g/mol. The molecule has 1 aromatic rings. The number of carbonyl (C=O) groups excluding carboxylic acids is 1. The summed E-state index contributed by atoms with van der Waals surface area (Å²) in [5.41, 5.74) is 7.56. The van der Waals surface area contributed by atoms with Gasteiger partial charge >= 0.3 is 5.97 Å². The Balaban J connectivity index is 1.73. The zero-order valence-corrected chi connectivity index (χ0v) is 13.2. The van der Waals surface area contributed by atoms with Crippen LogP contribution in [0.15, 0.2) is 30.3 Å². The van der Waals surface area contributed by atoms with Gasteiger partial charge in [0.15, 0.2) is 0 Å². The van der Waals surface area contributed by atoms with Gasteiger partial charge in [-0.15, -0.1) is 0 Å². The van der Waals surface area contributed by atoms with E-state index in [0.717, 1.165) is 32.1 Å². The maximum Gasteiger partial charge on any atom is 0.323 e. The maximum atomic E-state index is 12.0. The van der Waals surface area contributed by atoms with Crippen molar-refractivity contribution < 1.29 is 9.53 Å². The van der Waals surface area contributed by atoms with E-state index in [-0.39, 0.29) is 12.1 Å². The quantitative estimate of drug-likeness (QED) is 0.845. The van der Waals surface area contributed by atoms with Crippen molar-refractivity contribution in [1.82, 2.24) is 0 Å². The Hall–Kier alpha value is -1.35. The molecule has 0 radical (unpaired) electrons. The minimum absolute atomic E-state index is 0.0632. The predicted molar refractivity (Wildman–Crippen MR) is 84.9 cm³/mol. The van der Waals surface area contributed by atoms with E-state index < -0.39 is 6.04 Å². The van der Waals surface area contributed by atoms with Gasteiger partial charge < -0.3 is 10.5 Å². The Morgan fingerprint density at radius 1 is 1.29 bits per heavy atom. The van der Waals surface area contributed by atoms with Crippen LogP contribution in [0.25, 0.3) is 0 Å². The number of carbonyl (C=O) groups is 1. The minimum atomic E-state index is -0.514. The van der Waals surface area contributed by atoms with Crippen molar-refractivity contribution in [3.05, 3.63) is 35.9 Å². The van der Waals surface area contributed by atoms with E-state index in [9.17, 15) is 4.79 Å². The highest BCUT2D eigenvalue weighted by Gasteiger charge is 2.29. The summed E-state index contributed by atoms with van der Waals surface area (Å²) < 4.78 is 5.57. The molecule has 21 heavy (non-hydrogen) atoms. The third-order valence-corrected chi connectivity index (χ3v) is 4.46. The van der Waals surface area contributed by atoms with Gasteiger partial charge in [0, 0.05) is 0 Å². The summed E-state index contributed by atoms with van der Waals surface area (Å²) in [6.45, 7) is 4.55. The van der Waals surface area contributed by atoms with E-state index in [1.54, 1.807) is 0 Å². The molecule has 3 nitrogen and oxygen atoms in total. The largest absolute Gasteiger partial charge is 0.461 e. The van der Waals surface area contributed by atoms with Gasteiger partial charge in [-0.3, -0.25) is 4.79 Å². The van der Waals surface area contributed by atoms with Gasteiger partial charge in [0.05, 0.1) is 0 Å². The first-order valence-corrected chi connectivity index (χ1v) is 7.96. The third-order valence-electron chi connectivity index (χ3n) is 4.46. The fourth-order valence-corrected chi connectivity index (χ4v) is 2.83. The van der Waals surface area contributed by atoms with Crippen LogP contribution in [0.3, 0.4) is 0 Å². The third kappa shape index (κ3) is 5.16. The van der Waals surface area contributed by atoms with Gasteiger partial charge in [-0.2, -0.15) is 0 Å². The van der Waals surface area contributed by atoms with Gasteiger partial charge in [0.25, 0.3) is 0 Å². The second kappa shape index (κ2) is 7.08. The summed E-state index contributed by atoms with van der Waals surface area (Å²) in [6.07, 6.45) is 5.67. The average molecular weight is 289 g/mol. The molecule has 0 bridgehead atoms. The number of nitrogens with two attached hydrogens (primary N) is 1. The van der Waals surface area contributed by atoms with Crippen LogP contribution in [0, 0.1) is 5.41 Å². The molecule has 0 amide bonds.